The summed E-state index contributed by atoms with van der Waals surface area (Å²) < 4.78 is 53.9. The molecule has 244 valence electrons. The van der Waals surface area contributed by atoms with Gasteiger partial charge >= 0.3 is 0 Å². The van der Waals surface area contributed by atoms with Gasteiger partial charge in [-0.05, 0) is 106 Å². The lowest BCUT2D eigenvalue weighted by Gasteiger charge is -2.19. The topological polar surface area (TPSA) is 132 Å². The quantitative estimate of drug-likeness (QED) is 0.121. The normalized spacial score (nSPS) is 27.4. The van der Waals surface area contributed by atoms with Crippen LogP contribution >= 0.6 is 0 Å². The zero-order valence-corrected chi connectivity index (χ0v) is 27.5. The minimum atomic E-state index is -1.20. The molecule has 4 aromatic rings. The summed E-state index contributed by atoms with van der Waals surface area (Å²) in [5.41, 5.74) is 25.7. The molecule has 0 aromatic heterocycles. The largest absolute Gasteiger partial charge is 0.259 e. The van der Waals surface area contributed by atoms with Crippen LogP contribution in [0, 0.1) is 11.6 Å². The Hall–Kier alpha value is -4.34. The van der Waals surface area contributed by atoms with E-state index in [2.05, 4.69) is 44.3 Å². The van der Waals surface area contributed by atoms with Crippen molar-refractivity contribution in [1.29, 1.82) is 0 Å². The van der Waals surface area contributed by atoms with E-state index in [1.807, 2.05) is 36.4 Å². The van der Waals surface area contributed by atoms with Crippen molar-refractivity contribution in [2.24, 2.45) is 10.2 Å². The van der Waals surface area contributed by atoms with Gasteiger partial charge < -0.3 is 0 Å². The molecule has 0 N–H and O–H groups in total. The first-order valence-electron chi connectivity index (χ1n) is 15.9. The van der Waals surface area contributed by atoms with Gasteiger partial charge in [-0.25, -0.2) is 8.78 Å². The van der Waals surface area contributed by atoms with Gasteiger partial charge in [0.2, 0.25) is 0 Å². The van der Waals surface area contributed by atoms with Crippen LogP contribution in [0.25, 0.3) is 20.9 Å². The zero-order valence-electron chi connectivity index (χ0n) is 25.9. The fourth-order valence-corrected chi connectivity index (χ4v) is 12.2. The second-order valence-electron chi connectivity index (χ2n) is 12.7. The van der Waals surface area contributed by atoms with E-state index in [9.17, 15) is 17.2 Å². The van der Waals surface area contributed by atoms with Gasteiger partial charge in [-0.15, -0.1) is 0 Å². The molecule has 0 spiro atoms. The molecule has 0 saturated carbocycles. The highest BCUT2D eigenvalue weighted by atomic mass is 32.2. The third-order valence-electron chi connectivity index (χ3n) is 10.1. The van der Waals surface area contributed by atoms with Crippen molar-refractivity contribution in [2.45, 2.75) is 58.5 Å². The molecule has 2 aliphatic carbocycles. The lowest BCUT2D eigenvalue weighted by molar-refractivity contribution is 0.612. The van der Waals surface area contributed by atoms with Crippen LogP contribution in [0.2, 0.25) is 0 Å². The second kappa shape index (κ2) is 13.6. The van der Waals surface area contributed by atoms with E-state index in [4.69, 9.17) is 11.1 Å². The summed E-state index contributed by atoms with van der Waals surface area (Å²) in [5, 5.41) is 6.42. The number of hydrogen-bond donors (Lipinski definition) is 0. The highest BCUT2D eigenvalue weighted by Crippen LogP contribution is 2.52. The zero-order chi connectivity index (χ0) is 33.4. The Morgan fingerprint density at radius 1 is 0.604 bits per heavy atom. The summed E-state index contributed by atoms with van der Waals surface area (Å²) >= 11 is 0. The minimum Gasteiger partial charge on any atom is -0.259 e. The van der Waals surface area contributed by atoms with Crippen LogP contribution in [-0.4, -0.2) is 32.0 Å². The van der Waals surface area contributed by atoms with Crippen LogP contribution in [0.15, 0.2) is 95.2 Å². The van der Waals surface area contributed by atoms with Crippen LogP contribution < -0.4 is 0 Å². The Morgan fingerprint density at radius 2 is 1.00 bits per heavy atom. The van der Waals surface area contributed by atoms with Gasteiger partial charge in [0.1, 0.15) is 11.6 Å². The Bertz CT molecular complexity index is 1900. The molecule has 2 heterocycles. The Kier molecular flexibility index (Phi) is 9.16. The van der Waals surface area contributed by atoms with Gasteiger partial charge in [0.25, 0.3) is 0 Å². The fraction of sp³-hybridized carbons (Fsp3) is 0.333. The van der Waals surface area contributed by atoms with Crippen LogP contribution in [0.1, 0.15) is 79.7 Å². The number of fused-ring (bicyclic) bond motifs is 10. The third-order valence-corrected chi connectivity index (χ3v) is 14.3. The van der Waals surface area contributed by atoms with Crippen molar-refractivity contribution in [2.75, 3.05) is 13.1 Å². The minimum absolute atomic E-state index is 0.0731. The van der Waals surface area contributed by atoms with E-state index in [1.165, 1.54) is 46.5 Å². The first-order valence-corrected chi connectivity index (χ1v) is 18.5. The summed E-state index contributed by atoms with van der Waals surface area (Å²) in [4.78, 5) is 5.61. The molecule has 48 heavy (non-hydrogen) atoms. The number of azide groups is 2. The van der Waals surface area contributed by atoms with Crippen LogP contribution in [0.3, 0.4) is 0 Å². The summed E-state index contributed by atoms with van der Waals surface area (Å²) in [6, 6.07) is 26.0. The molecule has 4 aliphatic rings. The summed E-state index contributed by atoms with van der Waals surface area (Å²) in [5.74, 6) is -0.448. The van der Waals surface area contributed by atoms with Crippen LogP contribution in [0.4, 0.5) is 8.78 Å². The molecule has 12 heteroatoms. The van der Waals surface area contributed by atoms with E-state index < -0.39 is 21.6 Å². The monoisotopic (exact) mass is 682 g/mol. The molecule has 2 fully saturated rings. The Morgan fingerprint density at radius 3 is 1.42 bits per heavy atom. The van der Waals surface area contributed by atoms with E-state index in [0.29, 0.717) is 12.8 Å². The van der Waals surface area contributed by atoms with Crippen molar-refractivity contribution in [1.82, 2.24) is 0 Å². The predicted octanol–water partition coefficient (Wildman–Crippen LogP) is 8.77. The Labute approximate surface area is 281 Å². The van der Waals surface area contributed by atoms with E-state index in [0.717, 1.165) is 35.1 Å². The number of benzene rings is 4. The third kappa shape index (κ3) is 5.94. The molecule has 4 aromatic carbocycles. The molecule has 8 nitrogen and oxygen atoms in total. The van der Waals surface area contributed by atoms with Crippen LogP contribution in [-0.2, 0) is 34.4 Å². The highest BCUT2D eigenvalue weighted by Gasteiger charge is 2.46. The van der Waals surface area contributed by atoms with Gasteiger partial charge in [0.05, 0.1) is 10.5 Å². The average Bonchev–Trinajstić information content (AvgIpc) is 3.50. The number of halogens is 2. The summed E-state index contributed by atoms with van der Waals surface area (Å²) in [7, 11) is -2.40. The number of rotatable bonds is 4. The molecule has 2 aliphatic heterocycles. The van der Waals surface area contributed by atoms with Gasteiger partial charge in [0.15, 0.2) is 0 Å². The molecule has 0 radical (unpaired) electrons. The van der Waals surface area contributed by atoms with Gasteiger partial charge in [-0.3, -0.25) is 8.42 Å². The molecule has 0 unspecified atom stereocenters. The van der Waals surface area contributed by atoms with E-state index >= 15 is 0 Å². The van der Waals surface area contributed by atoms with Crippen LogP contribution in [0.5, 0.6) is 0 Å². The molecule has 8 atom stereocenters. The first kappa shape index (κ1) is 32.2. The lowest BCUT2D eigenvalue weighted by atomic mass is 9.87. The molecule has 0 amide bonds. The summed E-state index contributed by atoms with van der Waals surface area (Å²) in [6.45, 7) is 0.450. The lowest BCUT2D eigenvalue weighted by Crippen LogP contribution is -2.15. The van der Waals surface area contributed by atoms with E-state index in [1.54, 1.807) is 0 Å². The summed E-state index contributed by atoms with van der Waals surface area (Å²) in [6.07, 6.45) is 2.86. The maximum absolute atomic E-state index is 13.9. The number of nitrogens with zero attached hydrogens (tertiary/aromatic N) is 6. The second-order valence-corrected chi connectivity index (χ2v) is 16.4. The number of hydrogen-bond acceptors (Lipinski definition) is 4. The molecule has 0 bridgehead atoms. The average molecular weight is 683 g/mol. The fourth-order valence-electron chi connectivity index (χ4n) is 8.06. The van der Waals surface area contributed by atoms with Gasteiger partial charge in [-0.2, -0.15) is 0 Å². The van der Waals surface area contributed by atoms with Crippen molar-refractivity contribution in [3.05, 3.63) is 162 Å². The maximum atomic E-state index is 13.9. The molecular weight excluding hydrogens is 651 g/mol. The first-order chi connectivity index (χ1) is 23.4. The maximum Gasteiger partial charge on any atom is 0.123 e. The standard InChI is InChI=1S/2C18H16FN3OS/c2*19-13-6-5-12-7-11-3-1-2-4-15(11)17-9-14(10-21-22-20)24(23)18(17)16(12)8-13/h2*1-6,8,14,17-18H,7,9-10H2/t14-,17-,18-,24+;14-,17-,18-,24-/m11/s1. The van der Waals surface area contributed by atoms with Crippen molar-refractivity contribution >= 4 is 21.6 Å². The van der Waals surface area contributed by atoms with E-state index in [-0.39, 0.29) is 57.6 Å². The van der Waals surface area contributed by atoms with Crippen molar-refractivity contribution in [3.8, 4) is 0 Å². The van der Waals surface area contributed by atoms with Crippen molar-refractivity contribution in [3.63, 3.8) is 0 Å². The van der Waals surface area contributed by atoms with Gasteiger partial charge in [-0.1, -0.05) is 70.9 Å². The molecule has 8 rings (SSSR count). The molecule has 2 saturated heterocycles. The smallest absolute Gasteiger partial charge is 0.123 e. The van der Waals surface area contributed by atoms with Crippen molar-refractivity contribution < 1.29 is 17.2 Å². The van der Waals surface area contributed by atoms with Gasteiger partial charge in [0, 0.05) is 66.8 Å². The highest BCUT2D eigenvalue weighted by molar-refractivity contribution is 7.86. The predicted molar refractivity (Wildman–Crippen MR) is 183 cm³/mol. The molecular formula is C36H32F2N6O2S2. The Balaban J connectivity index is 0.000000152. The SMILES string of the molecule is [N-]=[N+]=NC[C@H]1C[C@@H]2c3ccccc3Cc3ccc(F)cc3[C@H]2[S@@]1=O.[N-]=[N+]=NC[C@H]1C[C@@H]2c3ccccc3Cc3ccc(F)cc3[C@H]2[S@]1=O.